The van der Waals surface area contributed by atoms with Gasteiger partial charge in [0.1, 0.15) is 11.5 Å². The number of rotatable bonds is 13. The first-order valence-electron chi connectivity index (χ1n) is 18.6. The molecule has 6 rings (SSSR count). The van der Waals surface area contributed by atoms with E-state index in [4.69, 9.17) is 34.5 Å². The van der Waals surface area contributed by atoms with Crippen LogP contribution in [0, 0.1) is 31.0 Å². The summed E-state index contributed by atoms with van der Waals surface area (Å²) in [4.78, 5) is 17.4. The third-order valence-corrected chi connectivity index (χ3v) is 9.56. The summed E-state index contributed by atoms with van der Waals surface area (Å²) in [7, 11) is 0. The topological polar surface area (TPSA) is 77.1 Å². The first-order chi connectivity index (χ1) is 27.0. The summed E-state index contributed by atoms with van der Waals surface area (Å²) in [5, 5.41) is 13.2. The third kappa shape index (κ3) is 16.3. The highest BCUT2D eigenvalue weighted by molar-refractivity contribution is 9.09. The molecule has 4 aromatic rings. The zero-order valence-corrected chi connectivity index (χ0v) is 33.0. The molecule has 0 unspecified atom stereocenters. The summed E-state index contributed by atoms with van der Waals surface area (Å²) in [6, 6.07) is 32.4. The van der Waals surface area contributed by atoms with Gasteiger partial charge in [0, 0.05) is 77.3 Å². The van der Waals surface area contributed by atoms with Gasteiger partial charge in [-0.05, 0) is 60.4 Å². The molecule has 2 saturated heterocycles. The van der Waals surface area contributed by atoms with Gasteiger partial charge in [-0.3, -0.25) is 9.80 Å². The Morgan fingerprint density at radius 3 is 1.45 bits per heavy atom. The average molecular weight is 802 g/mol. The Morgan fingerprint density at radius 1 is 0.582 bits per heavy atom. The second-order valence-electron chi connectivity index (χ2n) is 13.0. The van der Waals surface area contributed by atoms with Gasteiger partial charge < -0.3 is 19.7 Å². The summed E-state index contributed by atoms with van der Waals surface area (Å²) in [6.07, 6.45) is 1.99. The molecule has 1 N–H and O–H groups in total. The highest BCUT2D eigenvalue weighted by atomic mass is 79.9. The molecule has 0 spiro atoms. The van der Waals surface area contributed by atoms with Gasteiger partial charge in [0.2, 0.25) is 0 Å². The van der Waals surface area contributed by atoms with Gasteiger partial charge in [0.25, 0.3) is 0 Å². The second-order valence-corrected chi connectivity index (χ2v) is 13.8. The van der Waals surface area contributed by atoms with E-state index in [0.29, 0.717) is 30.2 Å². The van der Waals surface area contributed by atoms with Crippen molar-refractivity contribution in [2.75, 3.05) is 77.4 Å². The van der Waals surface area contributed by atoms with E-state index in [-0.39, 0.29) is 0 Å². The predicted octanol–water partition coefficient (Wildman–Crippen LogP) is 8.74. The van der Waals surface area contributed by atoms with Crippen LogP contribution in [0.4, 0.5) is 17.1 Å². The van der Waals surface area contributed by atoms with Gasteiger partial charge in [0.15, 0.2) is 17.1 Å². The van der Waals surface area contributed by atoms with Crippen molar-refractivity contribution < 1.29 is 9.47 Å². The monoisotopic (exact) mass is 800 g/mol. The van der Waals surface area contributed by atoms with E-state index in [2.05, 4.69) is 68.7 Å². The Labute approximate surface area is 335 Å². The van der Waals surface area contributed by atoms with Crippen molar-refractivity contribution in [1.29, 1.82) is 5.26 Å². The predicted molar refractivity (Wildman–Crippen MR) is 223 cm³/mol. The number of hydrogen-bond donors (Lipinski definition) is 1. The lowest BCUT2D eigenvalue weighted by molar-refractivity contribution is 0.121. The number of halogens is 1. The molecule has 4 aromatic carbocycles. The summed E-state index contributed by atoms with van der Waals surface area (Å²) in [5.41, 5.74) is 5.28. The van der Waals surface area contributed by atoms with Crippen LogP contribution < -0.4 is 14.8 Å². The number of alkyl halides is 1. The minimum absolute atomic E-state index is 0.640. The molecule has 10 nitrogen and oxygen atoms in total. The molecular formula is C44H49BrN8O2. The molecule has 0 aromatic heterocycles. The van der Waals surface area contributed by atoms with Crippen molar-refractivity contribution in [3.63, 3.8) is 0 Å². The number of benzene rings is 4. The summed E-state index contributed by atoms with van der Waals surface area (Å²) in [6.45, 7) is 33.7. The van der Waals surface area contributed by atoms with Crippen LogP contribution in [-0.2, 0) is 13.1 Å². The van der Waals surface area contributed by atoms with Crippen molar-refractivity contribution in [1.82, 2.24) is 20.0 Å². The van der Waals surface area contributed by atoms with E-state index in [9.17, 15) is 0 Å². The molecule has 0 aliphatic carbocycles. The van der Waals surface area contributed by atoms with Crippen LogP contribution in [0.3, 0.4) is 0 Å². The number of ether oxygens (including phenoxy) is 2. The zero-order chi connectivity index (χ0) is 38.9. The average Bonchev–Trinajstić information content (AvgIpc) is 3.25. The van der Waals surface area contributed by atoms with Crippen LogP contribution in [0.15, 0.2) is 97.1 Å². The van der Waals surface area contributed by atoms with Gasteiger partial charge in [-0.2, -0.15) is 5.26 Å². The van der Waals surface area contributed by atoms with Crippen LogP contribution in [-0.4, -0.2) is 92.1 Å². The van der Waals surface area contributed by atoms with Crippen LogP contribution >= 0.6 is 15.9 Å². The molecule has 0 atom stereocenters. The molecule has 11 heteroatoms. The Kier molecular flexibility index (Phi) is 19.3. The van der Waals surface area contributed by atoms with Crippen molar-refractivity contribution in [2.24, 2.45) is 0 Å². The SMILES string of the molecule is [C-]#[N+]c1ccc(CN2CCNCC2)cc1.[C-]#[N+]c1ccc(OCCCBr)cc1.[C-]#[N+]c1ccc(OCCCN2CCN(Cc3ccc(C#N)cc3)CC2)cc1. The molecular weight excluding hydrogens is 752 g/mol. The molecule has 284 valence electrons. The van der Waals surface area contributed by atoms with Gasteiger partial charge in [-0.25, -0.2) is 14.5 Å². The zero-order valence-electron chi connectivity index (χ0n) is 31.4. The first-order valence-corrected chi connectivity index (χ1v) is 19.7. The van der Waals surface area contributed by atoms with Crippen LogP contribution in [0.2, 0.25) is 0 Å². The molecule has 55 heavy (non-hydrogen) atoms. The standard InChI is InChI=1S/C22H24N4O.C12H15N3.C10H10BrNO/c1-24-21-7-9-22(10-8-21)27-16-2-11-25-12-14-26(15-13-25)18-20-5-3-19(17-23)4-6-20;1-13-12-4-2-11(3-5-12)10-15-8-6-14-7-9-15;1-12-9-3-5-10(6-4-9)13-8-2-7-11/h3-10H,2,11-16,18H2;2-5,14H,6-10H2;3-6H,2,7-8H2. The van der Waals surface area contributed by atoms with E-state index in [1.165, 1.54) is 11.1 Å². The Balaban J connectivity index is 0.000000202. The quantitative estimate of drug-likeness (QED) is 0.0824. The maximum atomic E-state index is 8.87. The minimum atomic E-state index is 0.640. The maximum absolute atomic E-state index is 8.87. The highest BCUT2D eigenvalue weighted by Gasteiger charge is 2.16. The summed E-state index contributed by atoms with van der Waals surface area (Å²) < 4.78 is 11.2. The molecule has 0 radical (unpaired) electrons. The van der Waals surface area contributed by atoms with E-state index >= 15 is 0 Å². The van der Waals surface area contributed by atoms with Gasteiger partial charge >= 0.3 is 0 Å². The number of nitrogens with zero attached hydrogens (tertiary/aromatic N) is 7. The Hall–Kier alpha value is -5.24. The number of piperazine rings is 2. The van der Waals surface area contributed by atoms with Gasteiger partial charge in [-0.15, -0.1) is 0 Å². The molecule has 2 heterocycles. The molecule has 2 aliphatic rings. The maximum Gasteiger partial charge on any atom is 0.187 e. The first kappa shape index (κ1) is 42.5. The lowest BCUT2D eigenvalue weighted by Gasteiger charge is -2.34. The van der Waals surface area contributed by atoms with Gasteiger partial charge in [0.05, 0.1) is 44.6 Å². The lowest BCUT2D eigenvalue weighted by Crippen LogP contribution is -2.46. The van der Waals surface area contributed by atoms with E-state index in [1.807, 2.05) is 60.7 Å². The summed E-state index contributed by atoms with van der Waals surface area (Å²) in [5.74, 6) is 1.66. The normalized spacial score (nSPS) is 14.3. The van der Waals surface area contributed by atoms with Crippen molar-refractivity contribution >= 4 is 33.0 Å². The Morgan fingerprint density at radius 2 is 1.00 bits per heavy atom. The van der Waals surface area contributed by atoms with Crippen molar-refractivity contribution in [3.05, 3.63) is 148 Å². The van der Waals surface area contributed by atoms with Crippen LogP contribution in [0.5, 0.6) is 11.5 Å². The molecule has 2 fully saturated rings. The molecule has 0 amide bonds. The molecule has 2 aliphatic heterocycles. The number of nitriles is 1. The highest BCUT2D eigenvalue weighted by Crippen LogP contribution is 2.19. The summed E-state index contributed by atoms with van der Waals surface area (Å²) >= 11 is 3.33. The van der Waals surface area contributed by atoms with Crippen molar-refractivity contribution in [3.8, 4) is 17.6 Å². The minimum Gasteiger partial charge on any atom is -0.494 e. The lowest BCUT2D eigenvalue weighted by atomic mass is 10.1. The van der Waals surface area contributed by atoms with E-state index in [1.54, 1.807) is 24.3 Å². The number of nitrogens with one attached hydrogen (secondary N) is 1. The van der Waals surface area contributed by atoms with Crippen LogP contribution in [0.1, 0.15) is 29.5 Å². The van der Waals surface area contributed by atoms with Crippen molar-refractivity contribution in [2.45, 2.75) is 25.9 Å². The Bertz CT molecular complexity index is 1840. The van der Waals surface area contributed by atoms with E-state index in [0.717, 1.165) is 107 Å². The van der Waals surface area contributed by atoms with Crippen LogP contribution in [0.25, 0.3) is 14.5 Å². The van der Waals surface area contributed by atoms with Gasteiger partial charge in [-0.1, -0.05) is 76.6 Å². The fourth-order valence-electron chi connectivity index (χ4n) is 5.87. The molecule has 0 saturated carbocycles. The largest absolute Gasteiger partial charge is 0.494 e. The third-order valence-electron chi connectivity index (χ3n) is 9.00. The number of hydrogen-bond acceptors (Lipinski definition) is 7. The fraction of sp³-hybridized carbons (Fsp3) is 0.364. The van der Waals surface area contributed by atoms with E-state index < -0.39 is 0 Å². The smallest absolute Gasteiger partial charge is 0.187 e. The molecule has 0 bridgehead atoms. The second kappa shape index (κ2) is 25.0. The fourth-order valence-corrected chi connectivity index (χ4v) is 6.10.